The number of aromatic nitrogens is 4. The van der Waals surface area contributed by atoms with Gasteiger partial charge in [-0.1, -0.05) is 6.07 Å². The molecule has 7 nitrogen and oxygen atoms in total. The fourth-order valence-corrected chi connectivity index (χ4v) is 3.19. The Morgan fingerprint density at radius 1 is 1.12 bits per heavy atom. The van der Waals surface area contributed by atoms with Gasteiger partial charge in [-0.05, 0) is 37.1 Å². The van der Waals surface area contributed by atoms with Crippen LogP contribution in [0, 0.1) is 0 Å². The molecule has 1 fully saturated rings. The van der Waals surface area contributed by atoms with Crippen LogP contribution in [-0.4, -0.2) is 45.2 Å². The van der Waals surface area contributed by atoms with E-state index < -0.39 is 0 Å². The first-order chi connectivity index (χ1) is 12.3. The summed E-state index contributed by atoms with van der Waals surface area (Å²) in [6.45, 7) is 1.63. The van der Waals surface area contributed by atoms with Gasteiger partial charge in [0.15, 0.2) is 11.5 Å². The van der Waals surface area contributed by atoms with Crippen molar-refractivity contribution in [2.75, 3.05) is 18.0 Å². The number of pyridine rings is 2. The average Bonchev–Trinajstić information content (AvgIpc) is 2.68. The van der Waals surface area contributed by atoms with E-state index in [1.54, 1.807) is 18.6 Å². The maximum Gasteiger partial charge on any atom is 0.272 e. The molecule has 1 aliphatic heterocycles. The van der Waals surface area contributed by atoms with Crippen molar-refractivity contribution in [2.45, 2.75) is 18.9 Å². The van der Waals surface area contributed by atoms with Gasteiger partial charge in [0.25, 0.3) is 5.91 Å². The minimum atomic E-state index is -0.185. The second-order valence-electron chi connectivity index (χ2n) is 6.08. The number of piperidine rings is 1. The van der Waals surface area contributed by atoms with E-state index in [9.17, 15) is 4.79 Å². The normalized spacial score (nSPS) is 17.4. The van der Waals surface area contributed by atoms with Crippen LogP contribution in [0.25, 0.3) is 10.9 Å². The molecule has 1 amide bonds. The van der Waals surface area contributed by atoms with Crippen molar-refractivity contribution in [3.63, 3.8) is 0 Å². The Morgan fingerprint density at radius 2 is 2.04 bits per heavy atom. The molecule has 1 atom stereocenters. The zero-order chi connectivity index (χ0) is 17.1. The maximum atomic E-state index is 12.7. The molecule has 7 heteroatoms. The zero-order valence-corrected chi connectivity index (χ0v) is 13.7. The van der Waals surface area contributed by atoms with E-state index in [1.807, 2.05) is 30.3 Å². The number of hydrogen-bond donors (Lipinski definition) is 1. The first-order valence-electron chi connectivity index (χ1n) is 8.34. The second kappa shape index (κ2) is 6.80. The number of fused-ring (bicyclic) bond motifs is 1. The van der Waals surface area contributed by atoms with Crippen LogP contribution in [0.15, 0.2) is 48.9 Å². The van der Waals surface area contributed by atoms with Gasteiger partial charge in [0.1, 0.15) is 5.52 Å². The van der Waals surface area contributed by atoms with Crippen LogP contribution >= 0.6 is 0 Å². The summed E-state index contributed by atoms with van der Waals surface area (Å²) in [5.74, 6) is 0.654. The minimum Gasteiger partial charge on any atom is -0.353 e. The van der Waals surface area contributed by atoms with Gasteiger partial charge in [0.05, 0.1) is 0 Å². The van der Waals surface area contributed by atoms with Crippen molar-refractivity contribution in [1.29, 1.82) is 0 Å². The molecular weight excluding hydrogens is 316 g/mol. The Kier molecular flexibility index (Phi) is 4.20. The van der Waals surface area contributed by atoms with Gasteiger partial charge in [-0.3, -0.25) is 9.78 Å². The molecule has 4 rings (SSSR count). The number of carbonyl (C=O) groups is 1. The van der Waals surface area contributed by atoms with E-state index in [0.29, 0.717) is 17.8 Å². The Hall–Kier alpha value is -3.09. The molecule has 0 radical (unpaired) electrons. The average molecular weight is 334 g/mol. The topological polar surface area (TPSA) is 83.9 Å². The van der Waals surface area contributed by atoms with Crippen molar-refractivity contribution in [1.82, 2.24) is 25.5 Å². The van der Waals surface area contributed by atoms with E-state index in [0.717, 1.165) is 30.6 Å². The third-order valence-electron chi connectivity index (χ3n) is 4.37. The van der Waals surface area contributed by atoms with Crippen molar-refractivity contribution in [2.24, 2.45) is 0 Å². The summed E-state index contributed by atoms with van der Waals surface area (Å²) < 4.78 is 0. The molecule has 0 aromatic carbocycles. The fourth-order valence-electron chi connectivity index (χ4n) is 3.19. The number of hydrogen-bond acceptors (Lipinski definition) is 6. The van der Waals surface area contributed by atoms with Crippen LogP contribution in [0.4, 0.5) is 5.82 Å². The maximum absolute atomic E-state index is 12.7. The molecule has 4 heterocycles. The highest BCUT2D eigenvalue weighted by molar-refractivity contribution is 6.03. The van der Waals surface area contributed by atoms with Crippen LogP contribution in [0.1, 0.15) is 23.3 Å². The minimum absolute atomic E-state index is 0.0454. The summed E-state index contributed by atoms with van der Waals surface area (Å²) in [5, 5.41) is 12.1. The highest BCUT2D eigenvalue weighted by atomic mass is 16.2. The van der Waals surface area contributed by atoms with Gasteiger partial charge in [0, 0.05) is 43.1 Å². The summed E-state index contributed by atoms with van der Waals surface area (Å²) in [5.41, 5.74) is 0.999. The molecule has 3 aromatic heterocycles. The van der Waals surface area contributed by atoms with Crippen LogP contribution < -0.4 is 10.2 Å². The molecule has 1 saturated heterocycles. The molecule has 1 unspecified atom stereocenters. The monoisotopic (exact) mass is 334 g/mol. The Balaban J connectivity index is 1.50. The third kappa shape index (κ3) is 3.26. The van der Waals surface area contributed by atoms with Gasteiger partial charge < -0.3 is 10.2 Å². The van der Waals surface area contributed by atoms with Gasteiger partial charge in [0.2, 0.25) is 0 Å². The molecule has 126 valence electrons. The van der Waals surface area contributed by atoms with Gasteiger partial charge in [-0.2, -0.15) is 5.10 Å². The molecule has 3 aromatic rings. The van der Waals surface area contributed by atoms with Crippen LogP contribution in [0.5, 0.6) is 0 Å². The molecule has 25 heavy (non-hydrogen) atoms. The lowest BCUT2D eigenvalue weighted by Crippen LogP contribution is -2.48. The van der Waals surface area contributed by atoms with Crippen molar-refractivity contribution >= 4 is 22.6 Å². The molecule has 0 bridgehead atoms. The van der Waals surface area contributed by atoms with Crippen molar-refractivity contribution < 1.29 is 4.79 Å². The largest absolute Gasteiger partial charge is 0.353 e. The van der Waals surface area contributed by atoms with E-state index in [2.05, 4.69) is 30.4 Å². The number of amides is 1. The van der Waals surface area contributed by atoms with Gasteiger partial charge >= 0.3 is 0 Å². The van der Waals surface area contributed by atoms with E-state index in [1.165, 1.54) is 0 Å². The SMILES string of the molecule is O=C(NC1CCCN(c2cccnn2)C1)c1nccc2cccnc12. The molecular formula is C18H18N6O. The highest BCUT2D eigenvalue weighted by Crippen LogP contribution is 2.18. The predicted octanol–water partition coefficient (Wildman–Crippen LogP) is 1.82. The van der Waals surface area contributed by atoms with Crippen LogP contribution in [-0.2, 0) is 0 Å². The highest BCUT2D eigenvalue weighted by Gasteiger charge is 2.24. The molecule has 0 aliphatic carbocycles. The first-order valence-corrected chi connectivity index (χ1v) is 8.34. The Bertz CT molecular complexity index is 880. The second-order valence-corrected chi connectivity index (χ2v) is 6.08. The lowest BCUT2D eigenvalue weighted by Gasteiger charge is -2.33. The fraction of sp³-hybridized carbons (Fsp3) is 0.278. The number of nitrogens with one attached hydrogen (secondary N) is 1. The Labute approximate surface area is 145 Å². The Morgan fingerprint density at radius 3 is 2.92 bits per heavy atom. The summed E-state index contributed by atoms with van der Waals surface area (Å²) >= 11 is 0. The van der Waals surface area contributed by atoms with Gasteiger partial charge in [-0.15, -0.1) is 5.10 Å². The van der Waals surface area contributed by atoms with Crippen molar-refractivity contribution in [3.05, 3.63) is 54.6 Å². The van der Waals surface area contributed by atoms with Gasteiger partial charge in [-0.25, -0.2) is 4.98 Å². The zero-order valence-electron chi connectivity index (χ0n) is 13.7. The first kappa shape index (κ1) is 15.4. The lowest BCUT2D eigenvalue weighted by molar-refractivity contribution is 0.0929. The summed E-state index contributed by atoms with van der Waals surface area (Å²) in [6.07, 6.45) is 6.90. The van der Waals surface area contributed by atoms with E-state index >= 15 is 0 Å². The van der Waals surface area contributed by atoms with Crippen LogP contribution in [0.3, 0.4) is 0 Å². The lowest BCUT2D eigenvalue weighted by atomic mass is 10.1. The summed E-state index contributed by atoms with van der Waals surface area (Å²) in [4.78, 5) is 23.4. The van der Waals surface area contributed by atoms with E-state index in [4.69, 9.17) is 0 Å². The summed E-state index contributed by atoms with van der Waals surface area (Å²) in [7, 11) is 0. The van der Waals surface area contributed by atoms with E-state index in [-0.39, 0.29) is 11.9 Å². The summed E-state index contributed by atoms with van der Waals surface area (Å²) in [6, 6.07) is 9.49. The standard InChI is InChI=1S/C18H18N6O/c25-18(17-16-13(7-10-20-17)4-1-8-19-16)22-14-5-3-11-24(12-14)15-6-2-9-21-23-15/h1-2,4,6-10,14H,3,5,11-12H2,(H,22,25). The molecule has 1 aliphatic rings. The third-order valence-corrected chi connectivity index (χ3v) is 4.37. The predicted molar refractivity (Wildman–Crippen MR) is 94.3 cm³/mol. The number of carbonyl (C=O) groups excluding carboxylic acids is 1. The number of nitrogens with zero attached hydrogens (tertiary/aromatic N) is 5. The molecule has 1 N–H and O–H groups in total. The number of anilines is 1. The van der Waals surface area contributed by atoms with Crippen LogP contribution in [0.2, 0.25) is 0 Å². The smallest absolute Gasteiger partial charge is 0.272 e. The quantitative estimate of drug-likeness (QED) is 0.786. The molecule has 0 saturated carbocycles. The molecule has 0 spiro atoms. The number of rotatable bonds is 3. The van der Waals surface area contributed by atoms with Crippen molar-refractivity contribution in [3.8, 4) is 0 Å².